The van der Waals surface area contributed by atoms with E-state index in [-0.39, 0.29) is 52.7 Å². The van der Waals surface area contributed by atoms with Gasteiger partial charge in [-0.3, -0.25) is 24.0 Å². The van der Waals surface area contributed by atoms with Gasteiger partial charge in [0.2, 0.25) is 5.91 Å². The first-order valence-corrected chi connectivity index (χ1v) is 12.4. The van der Waals surface area contributed by atoms with Gasteiger partial charge in [0.25, 0.3) is 0 Å². The van der Waals surface area contributed by atoms with Crippen LogP contribution in [0.15, 0.2) is 42.1 Å². The number of hydrogen-bond donors (Lipinski definition) is 1. The van der Waals surface area contributed by atoms with E-state index in [0.29, 0.717) is 30.8 Å². The average Bonchev–Trinajstić information content (AvgIpc) is 3.57. The molecule has 2 unspecified atom stereocenters. The summed E-state index contributed by atoms with van der Waals surface area (Å²) in [4.78, 5) is 38.9. The number of ketones is 1. The lowest BCUT2D eigenvalue weighted by Gasteiger charge is -2.38. The Morgan fingerprint density at radius 3 is 2.63 bits per heavy atom. The molecule has 4 rings (SSSR count). The number of rotatable bonds is 8. The first kappa shape index (κ1) is 27.1. The summed E-state index contributed by atoms with van der Waals surface area (Å²) in [7, 11) is 1.57. The zero-order chi connectivity index (χ0) is 24.2. The number of carbonyl (C=O) groups excluding carboxylic acids is 3. The van der Waals surface area contributed by atoms with Gasteiger partial charge in [-0.25, -0.2) is 4.39 Å². The van der Waals surface area contributed by atoms with Crippen molar-refractivity contribution in [2.75, 3.05) is 20.1 Å². The van der Waals surface area contributed by atoms with Gasteiger partial charge in [0.1, 0.15) is 12.4 Å². The fourth-order valence-corrected chi connectivity index (χ4v) is 5.27. The van der Waals surface area contributed by atoms with Crippen LogP contribution in [0.4, 0.5) is 4.39 Å². The van der Waals surface area contributed by atoms with Gasteiger partial charge < -0.3 is 5.32 Å². The molecule has 1 aliphatic heterocycles. The van der Waals surface area contributed by atoms with Crippen LogP contribution in [0, 0.1) is 11.7 Å². The summed E-state index contributed by atoms with van der Waals surface area (Å²) in [6, 6.07) is 7.66. The second-order valence-electron chi connectivity index (χ2n) is 8.79. The average molecular weight is 521 g/mol. The van der Waals surface area contributed by atoms with E-state index in [0.717, 1.165) is 18.4 Å². The summed E-state index contributed by atoms with van der Waals surface area (Å²) in [6.07, 6.45) is 6.02. The molecule has 10 heteroatoms. The number of likely N-dealkylation sites (N-methyl/N-ethyl adjacent to an activating group) is 1. The third-order valence-electron chi connectivity index (χ3n) is 6.18. The van der Waals surface area contributed by atoms with Gasteiger partial charge >= 0.3 is 0 Å². The first-order valence-electron chi connectivity index (χ1n) is 11.5. The number of Topliss-reactive ketones (excluding diaryl/α,β-unsaturated/α-hetero) is 1. The number of likely N-dealkylation sites (tertiary alicyclic amines) is 1. The zero-order valence-electron chi connectivity index (χ0n) is 19.8. The van der Waals surface area contributed by atoms with Gasteiger partial charge in [-0.2, -0.15) is 5.10 Å². The molecule has 1 amide bonds. The monoisotopic (exact) mass is 520 g/mol. The van der Waals surface area contributed by atoms with Crippen LogP contribution in [0.1, 0.15) is 43.5 Å². The molecular formula is C25H30ClFN4O3S. The Hall–Kier alpha value is -2.49. The molecule has 1 saturated heterocycles. The van der Waals surface area contributed by atoms with Crippen LogP contribution in [0.3, 0.4) is 0 Å². The topological polar surface area (TPSA) is 84.3 Å². The van der Waals surface area contributed by atoms with E-state index in [1.165, 1.54) is 17.8 Å². The SMILES string of the molecule is CNC(=O)Cn1ccc(C=C2CN(C(C(=O)C3CC3)c3ccccc3F)CCC2SC(C)=O)n1.Cl. The van der Waals surface area contributed by atoms with Crippen molar-refractivity contribution in [2.24, 2.45) is 5.92 Å². The second kappa shape index (κ2) is 12.0. The highest BCUT2D eigenvalue weighted by atomic mass is 35.5. The number of amides is 1. The summed E-state index contributed by atoms with van der Waals surface area (Å²) in [6.45, 7) is 2.68. The fraction of sp³-hybridized carbons (Fsp3) is 0.440. The van der Waals surface area contributed by atoms with E-state index < -0.39 is 6.04 Å². The number of halogens is 2. The number of aromatic nitrogens is 2. The molecule has 2 aliphatic rings. The molecule has 0 bridgehead atoms. The Morgan fingerprint density at radius 1 is 1.23 bits per heavy atom. The Kier molecular flexibility index (Phi) is 9.27. The number of benzene rings is 1. The minimum Gasteiger partial charge on any atom is -0.358 e. The first-order chi connectivity index (χ1) is 16.4. The zero-order valence-corrected chi connectivity index (χ0v) is 21.4. The normalized spacial score (nSPS) is 20.2. The number of piperidine rings is 1. The maximum absolute atomic E-state index is 14.8. The van der Waals surface area contributed by atoms with E-state index in [4.69, 9.17) is 0 Å². The maximum atomic E-state index is 14.8. The van der Waals surface area contributed by atoms with Gasteiger partial charge in [0.05, 0.1) is 11.7 Å². The summed E-state index contributed by atoms with van der Waals surface area (Å²) in [5.74, 6) is -0.471. The van der Waals surface area contributed by atoms with Gasteiger partial charge in [-0.1, -0.05) is 30.0 Å². The highest BCUT2D eigenvalue weighted by Gasteiger charge is 2.41. The van der Waals surface area contributed by atoms with Crippen molar-refractivity contribution in [3.63, 3.8) is 0 Å². The predicted octanol–water partition coefficient (Wildman–Crippen LogP) is 3.65. The molecule has 1 aliphatic carbocycles. The predicted molar refractivity (Wildman–Crippen MR) is 137 cm³/mol. The van der Waals surface area contributed by atoms with Gasteiger partial charge in [0.15, 0.2) is 10.9 Å². The van der Waals surface area contributed by atoms with Crippen LogP contribution in [-0.2, 0) is 20.9 Å². The molecule has 188 valence electrons. The lowest BCUT2D eigenvalue weighted by molar-refractivity contribution is -0.126. The van der Waals surface area contributed by atoms with Crippen molar-refractivity contribution in [3.05, 3.63) is 59.2 Å². The standard InChI is InChI=1S/C25H29FN4O3S.ClH/c1-16(31)34-22-10-11-29(14-18(22)13-19-9-12-30(28-19)15-23(32)27-2)24(25(33)17-7-8-17)20-5-3-4-6-21(20)26;/h3-6,9,12-13,17,22,24H,7-8,10-11,14-15H2,1-2H3,(H,27,32);1H. The van der Waals surface area contributed by atoms with Crippen molar-refractivity contribution in [1.82, 2.24) is 20.0 Å². The number of nitrogens with one attached hydrogen (secondary N) is 1. The molecule has 35 heavy (non-hydrogen) atoms. The van der Waals surface area contributed by atoms with E-state index in [1.807, 2.05) is 17.0 Å². The maximum Gasteiger partial charge on any atom is 0.241 e. The molecule has 7 nitrogen and oxygen atoms in total. The number of hydrogen-bond acceptors (Lipinski definition) is 6. The Labute approximate surface area is 214 Å². The summed E-state index contributed by atoms with van der Waals surface area (Å²) < 4.78 is 16.3. The highest BCUT2D eigenvalue weighted by Crippen LogP contribution is 2.40. The van der Waals surface area contributed by atoms with Crippen LogP contribution in [-0.4, -0.2) is 56.9 Å². The molecular weight excluding hydrogens is 491 g/mol. The molecule has 1 N–H and O–H groups in total. The lowest BCUT2D eigenvalue weighted by Crippen LogP contribution is -2.43. The summed E-state index contributed by atoms with van der Waals surface area (Å²) >= 11 is 1.27. The van der Waals surface area contributed by atoms with Crippen LogP contribution in [0.2, 0.25) is 0 Å². The fourth-order valence-electron chi connectivity index (χ4n) is 4.35. The van der Waals surface area contributed by atoms with Crippen LogP contribution in [0.5, 0.6) is 0 Å². The lowest BCUT2D eigenvalue weighted by atomic mass is 9.93. The molecule has 2 aromatic rings. The Balaban J connectivity index is 0.00000342. The van der Waals surface area contributed by atoms with Crippen molar-refractivity contribution in [2.45, 2.75) is 44.0 Å². The van der Waals surface area contributed by atoms with Crippen molar-refractivity contribution in [1.29, 1.82) is 0 Å². The molecule has 2 heterocycles. The Morgan fingerprint density at radius 2 is 1.97 bits per heavy atom. The number of carbonyl (C=O) groups is 3. The van der Waals surface area contributed by atoms with Crippen molar-refractivity contribution in [3.8, 4) is 0 Å². The molecule has 2 atom stereocenters. The number of thioether (sulfide) groups is 1. The Bertz CT molecular complexity index is 1120. The van der Waals surface area contributed by atoms with Gasteiger partial charge in [-0.15, -0.1) is 12.4 Å². The van der Waals surface area contributed by atoms with Gasteiger partial charge in [0, 0.05) is 50.0 Å². The number of nitrogens with zero attached hydrogens (tertiary/aromatic N) is 3. The largest absolute Gasteiger partial charge is 0.358 e. The quantitative estimate of drug-likeness (QED) is 0.572. The molecule has 1 aromatic heterocycles. The molecule has 1 aromatic carbocycles. The van der Waals surface area contributed by atoms with E-state index >= 15 is 0 Å². The van der Waals surface area contributed by atoms with E-state index in [2.05, 4.69) is 10.4 Å². The minimum atomic E-state index is -0.647. The third kappa shape index (κ3) is 6.80. The van der Waals surface area contributed by atoms with Gasteiger partial charge in [-0.05, 0) is 43.0 Å². The smallest absolute Gasteiger partial charge is 0.241 e. The minimum absolute atomic E-state index is 0. The molecule has 0 radical (unpaired) electrons. The molecule has 0 spiro atoms. The third-order valence-corrected chi connectivity index (χ3v) is 7.33. The summed E-state index contributed by atoms with van der Waals surface area (Å²) in [5, 5.41) is 7.01. The van der Waals surface area contributed by atoms with Crippen molar-refractivity contribution < 1.29 is 18.8 Å². The second-order valence-corrected chi connectivity index (χ2v) is 10.2. The molecule has 1 saturated carbocycles. The van der Waals surface area contributed by atoms with Crippen molar-refractivity contribution >= 4 is 47.1 Å². The van der Waals surface area contributed by atoms with Crippen LogP contribution < -0.4 is 5.32 Å². The van der Waals surface area contributed by atoms with Crippen LogP contribution >= 0.6 is 24.2 Å². The van der Waals surface area contributed by atoms with E-state index in [1.54, 1.807) is 43.0 Å². The highest BCUT2D eigenvalue weighted by molar-refractivity contribution is 8.14. The summed E-state index contributed by atoms with van der Waals surface area (Å²) in [5.41, 5.74) is 2.04. The van der Waals surface area contributed by atoms with E-state index in [9.17, 15) is 18.8 Å². The van der Waals surface area contributed by atoms with Crippen LogP contribution in [0.25, 0.3) is 6.08 Å². The molecule has 2 fully saturated rings.